The first-order valence-corrected chi connectivity index (χ1v) is 5.29. The van der Waals surface area contributed by atoms with Crippen molar-refractivity contribution >= 4 is 5.82 Å². The average molecular weight is 224 g/mol. The third kappa shape index (κ3) is 1.88. The topological polar surface area (TPSA) is 70.2 Å². The van der Waals surface area contributed by atoms with Gasteiger partial charge in [0.1, 0.15) is 0 Å². The summed E-state index contributed by atoms with van der Waals surface area (Å²) in [4.78, 5) is 20.2. The molecule has 6 heteroatoms. The van der Waals surface area contributed by atoms with Crippen LogP contribution >= 0.6 is 0 Å². The van der Waals surface area contributed by atoms with Gasteiger partial charge in [-0.3, -0.25) is 4.79 Å². The Labute approximate surface area is 93.6 Å². The zero-order chi connectivity index (χ0) is 11.5. The number of H-pyrrole nitrogens is 1. The molecule has 2 rings (SSSR count). The van der Waals surface area contributed by atoms with E-state index < -0.39 is 0 Å². The SMILES string of the molecule is COc1c(N(C)C2CCNC2)nc[nH]c1=O. The largest absolute Gasteiger partial charge is 0.489 e. The number of anilines is 1. The van der Waals surface area contributed by atoms with E-state index in [4.69, 9.17) is 4.74 Å². The van der Waals surface area contributed by atoms with Gasteiger partial charge >= 0.3 is 0 Å². The van der Waals surface area contributed by atoms with Crippen molar-refractivity contribution in [3.8, 4) is 5.75 Å². The zero-order valence-electron chi connectivity index (χ0n) is 9.49. The lowest BCUT2D eigenvalue weighted by Gasteiger charge is -2.25. The fourth-order valence-corrected chi connectivity index (χ4v) is 1.96. The summed E-state index contributed by atoms with van der Waals surface area (Å²) in [6.07, 6.45) is 2.45. The smallest absolute Gasteiger partial charge is 0.295 e. The van der Waals surface area contributed by atoms with Gasteiger partial charge in [-0.25, -0.2) is 4.98 Å². The fourth-order valence-electron chi connectivity index (χ4n) is 1.96. The van der Waals surface area contributed by atoms with Crippen LogP contribution in [0.3, 0.4) is 0 Å². The molecule has 16 heavy (non-hydrogen) atoms. The molecule has 88 valence electrons. The van der Waals surface area contributed by atoms with Crippen LogP contribution < -0.4 is 20.5 Å². The molecule has 0 bridgehead atoms. The summed E-state index contributed by atoms with van der Waals surface area (Å²) in [6.45, 7) is 1.91. The first-order valence-electron chi connectivity index (χ1n) is 5.29. The number of nitrogens with zero attached hydrogens (tertiary/aromatic N) is 2. The monoisotopic (exact) mass is 224 g/mol. The van der Waals surface area contributed by atoms with Crippen LogP contribution in [0.2, 0.25) is 0 Å². The number of nitrogens with one attached hydrogen (secondary N) is 2. The van der Waals surface area contributed by atoms with Crippen molar-refractivity contribution in [2.45, 2.75) is 12.5 Å². The summed E-state index contributed by atoms with van der Waals surface area (Å²) >= 11 is 0. The van der Waals surface area contributed by atoms with E-state index in [0.29, 0.717) is 11.9 Å². The second kappa shape index (κ2) is 4.52. The Morgan fingerprint density at radius 1 is 1.62 bits per heavy atom. The van der Waals surface area contributed by atoms with Crippen LogP contribution in [0.5, 0.6) is 5.75 Å². The van der Waals surface area contributed by atoms with E-state index >= 15 is 0 Å². The van der Waals surface area contributed by atoms with Crippen LogP contribution in [0.15, 0.2) is 11.1 Å². The predicted octanol–water partition coefficient (Wildman–Crippen LogP) is -0.423. The molecule has 1 aromatic rings. The molecule has 2 N–H and O–H groups in total. The average Bonchev–Trinajstić information content (AvgIpc) is 2.81. The summed E-state index contributed by atoms with van der Waals surface area (Å²) in [7, 11) is 3.42. The highest BCUT2D eigenvalue weighted by Gasteiger charge is 2.23. The van der Waals surface area contributed by atoms with Crippen LogP contribution in [-0.2, 0) is 0 Å². The lowest BCUT2D eigenvalue weighted by Crippen LogP contribution is -2.35. The Morgan fingerprint density at radius 2 is 2.44 bits per heavy atom. The zero-order valence-corrected chi connectivity index (χ0v) is 9.49. The van der Waals surface area contributed by atoms with Gasteiger partial charge in [0.25, 0.3) is 5.56 Å². The number of likely N-dealkylation sites (N-methyl/N-ethyl adjacent to an activating group) is 1. The third-order valence-electron chi connectivity index (χ3n) is 2.91. The number of rotatable bonds is 3. The molecule has 1 unspecified atom stereocenters. The molecule has 1 atom stereocenters. The van der Waals surface area contributed by atoms with E-state index in [-0.39, 0.29) is 11.3 Å². The summed E-state index contributed by atoms with van der Waals surface area (Å²) in [5.41, 5.74) is -0.245. The maximum Gasteiger partial charge on any atom is 0.295 e. The summed E-state index contributed by atoms with van der Waals surface area (Å²) in [5, 5.41) is 3.28. The maximum absolute atomic E-state index is 11.5. The highest BCUT2D eigenvalue weighted by molar-refractivity contribution is 5.51. The van der Waals surface area contributed by atoms with Gasteiger partial charge in [-0.2, -0.15) is 0 Å². The van der Waals surface area contributed by atoms with Crippen LogP contribution in [-0.4, -0.2) is 43.3 Å². The molecule has 1 fully saturated rings. The van der Waals surface area contributed by atoms with E-state index in [1.54, 1.807) is 0 Å². The molecule has 0 spiro atoms. The minimum atomic E-state index is -0.245. The molecule has 0 amide bonds. The number of methoxy groups -OCH3 is 1. The Balaban J connectivity index is 2.31. The van der Waals surface area contributed by atoms with Gasteiger partial charge in [-0.05, 0) is 13.0 Å². The van der Waals surface area contributed by atoms with E-state index in [0.717, 1.165) is 19.5 Å². The second-order valence-corrected chi connectivity index (χ2v) is 3.85. The van der Waals surface area contributed by atoms with E-state index in [9.17, 15) is 4.79 Å². The fraction of sp³-hybridized carbons (Fsp3) is 0.600. The standard InChI is InChI=1S/C10H16N4O2/c1-14(7-3-4-11-5-7)9-8(16-2)10(15)13-6-12-9/h6-7,11H,3-5H2,1-2H3,(H,12,13,15). The summed E-state index contributed by atoms with van der Waals surface area (Å²) in [5.74, 6) is 0.872. The third-order valence-corrected chi connectivity index (χ3v) is 2.91. The Bertz CT molecular complexity index is 412. The molecule has 1 aliphatic rings. The first-order chi connectivity index (χ1) is 7.74. The van der Waals surface area contributed by atoms with Crippen molar-refractivity contribution < 1.29 is 4.74 Å². The van der Waals surface area contributed by atoms with E-state index in [1.807, 2.05) is 11.9 Å². The van der Waals surface area contributed by atoms with E-state index in [1.165, 1.54) is 13.4 Å². The van der Waals surface area contributed by atoms with Crippen molar-refractivity contribution in [3.05, 3.63) is 16.7 Å². The minimum absolute atomic E-state index is 0.245. The maximum atomic E-state index is 11.5. The van der Waals surface area contributed by atoms with Crippen LogP contribution in [0.4, 0.5) is 5.82 Å². The molecule has 1 aromatic heterocycles. The number of aromatic nitrogens is 2. The van der Waals surface area contributed by atoms with Crippen molar-refractivity contribution in [2.24, 2.45) is 0 Å². The molecular weight excluding hydrogens is 208 g/mol. The Hall–Kier alpha value is -1.56. The van der Waals surface area contributed by atoms with Gasteiger partial charge in [0.2, 0.25) is 5.75 Å². The van der Waals surface area contributed by atoms with Crippen molar-refractivity contribution in [3.63, 3.8) is 0 Å². The van der Waals surface area contributed by atoms with Gasteiger partial charge in [0.05, 0.1) is 13.4 Å². The molecule has 0 aromatic carbocycles. The Morgan fingerprint density at radius 3 is 3.06 bits per heavy atom. The predicted molar refractivity (Wildman–Crippen MR) is 61.1 cm³/mol. The first kappa shape index (κ1) is 10.9. The van der Waals surface area contributed by atoms with Crippen molar-refractivity contribution in [1.82, 2.24) is 15.3 Å². The summed E-state index contributed by atoms with van der Waals surface area (Å²) < 4.78 is 5.09. The van der Waals surface area contributed by atoms with Gasteiger partial charge in [0.15, 0.2) is 5.82 Å². The molecule has 0 saturated carbocycles. The molecule has 0 radical (unpaired) electrons. The molecular formula is C10H16N4O2. The normalized spacial score (nSPS) is 19.8. The number of hydrogen-bond acceptors (Lipinski definition) is 5. The highest BCUT2D eigenvalue weighted by atomic mass is 16.5. The van der Waals surface area contributed by atoms with Crippen molar-refractivity contribution in [2.75, 3.05) is 32.1 Å². The van der Waals surface area contributed by atoms with E-state index in [2.05, 4.69) is 15.3 Å². The molecule has 1 saturated heterocycles. The quantitative estimate of drug-likeness (QED) is 0.729. The number of ether oxygens (including phenoxy) is 1. The lowest BCUT2D eigenvalue weighted by molar-refractivity contribution is 0.404. The minimum Gasteiger partial charge on any atom is -0.489 e. The number of aromatic amines is 1. The second-order valence-electron chi connectivity index (χ2n) is 3.85. The van der Waals surface area contributed by atoms with Gasteiger partial charge in [-0.15, -0.1) is 0 Å². The van der Waals surface area contributed by atoms with Crippen molar-refractivity contribution in [1.29, 1.82) is 0 Å². The number of hydrogen-bond donors (Lipinski definition) is 2. The molecule has 2 heterocycles. The van der Waals surface area contributed by atoms with Crippen LogP contribution in [0.1, 0.15) is 6.42 Å². The Kier molecular flexibility index (Phi) is 3.09. The van der Waals surface area contributed by atoms with Crippen LogP contribution in [0.25, 0.3) is 0 Å². The lowest BCUT2D eigenvalue weighted by atomic mass is 10.2. The molecule has 0 aliphatic carbocycles. The van der Waals surface area contributed by atoms with Crippen LogP contribution in [0, 0.1) is 0 Å². The van der Waals surface area contributed by atoms with Gasteiger partial charge in [-0.1, -0.05) is 0 Å². The highest BCUT2D eigenvalue weighted by Crippen LogP contribution is 2.22. The van der Waals surface area contributed by atoms with Gasteiger partial charge < -0.3 is 19.9 Å². The molecule has 6 nitrogen and oxygen atoms in total. The molecule has 1 aliphatic heterocycles. The van der Waals surface area contributed by atoms with Gasteiger partial charge in [0, 0.05) is 19.6 Å². The summed E-state index contributed by atoms with van der Waals surface area (Å²) in [6, 6.07) is 0.364.